The lowest BCUT2D eigenvalue weighted by molar-refractivity contribution is 0.622. The average molecular weight is 412 g/mol. The molecule has 5 heteroatoms. The van der Waals surface area contributed by atoms with Crippen molar-refractivity contribution < 1.29 is 0 Å². The van der Waals surface area contributed by atoms with Gasteiger partial charge in [0.25, 0.3) is 0 Å². The summed E-state index contributed by atoms with van der Waals surface area (Å²) in [5.74, 6) is 1.07. The monoisotopic (exact) mass is 411 g/mol. The molecule has 0 saturated carbocycles. The van der Waals surface area contributed by atoms with Gasteiger partial charge in [-0.1, -0.05) is 48.0 Å². The molecule has 0 fully saturated rings. The van der Waals surface area contributed by atoms with Crippen LogP contribution in [0.15, 0.2) is 33.7 Å². The number of benzene rings is 1. The van der Waals surface area contributed by atoms with Crippen molar-refractivity contribution >= 4 is 45.9 Å². The second-order valence-corrected chi connectivity index (χ2v) is 4.92. The van der Waals surface area contributed by atoms with E-state index in [1.54, 1.807) is 0 Å². The lowest BCUT2D eigenvalue weighted by Crippen LogP contribution is -2.34. The van der Waals surface area contributed by atoms with Crippen LogP contribution in [-0.2, 0) is 6.54 Å². The van der Waals surface area contributed by atoms with E-state index < -0.39 is 0 Å². The van der Waals surface area contributed by atoms with Crippen LogP contribution in [0.25, 0.3) is 0 Å². The highest BCUT2D eigenvalue weighted by Gasteiger charge is 1.98. The molecule has 0 amide bonds. The molecule has 1 rings (SSSR count). The summed E-state index contributed by atoms with van der Waals surface area (Å²) in [5, 5.41) is 3.08. The van der Waals surface area contributed by atoms with Gasteiger partial charge in [0.15, 0.2) is 5.96 Å². The summed E-state index contributed by atoms with van der Waals surface area (Å²) in [6.07, 6.45) is 0. The van der Waals surface area contributed by atoms with Gasteiger partial charge in [-0.2, -0.15) is 0 Å². The number of aliphatic imine (C=N–C) groups is 1. The summed E-state index contributed by atoms with van der Waals surface area (Å²) in [5.41, 5.74) is 6.88. The zero-order valence-corrected chi connectivity index (χ0v) is 14.0. The Kier molecular flexibility index (Phi) is 8.59. The highest BCUT2D eigenvalue weighted by molar-refractivity contribution is 14.0. The lowest BCUT2D eigenvalue weighted by Gasteiger charge is -2.08. The molecule has 3 N–H and O–H groups in total. The number of nitrogens with zero attached hydrogens (tertiary/aromatic N) is 1. The van der Waals surface area contributed by atoms with Gasteiger partial charge in [0.1, 0.15) is 0 Å². The van der Waals surface area contributed by atoms with E-state index in [0.29, 0.717) is 18.4 Å². The second kappa shape index (κ2) is 8.74. The molecule has 0 atom stereocenters. The van der Waals surface area contributed by atoms with Crippen molar-refractivity contribution in [2.45, 2.75) is 20.4 Å². The summed E-state index contributed by atoms with van der Waals surface area (Å²) >= 11 is 3.48. The first-order valence-corrected chi connectivity index (χ1v) is 6.16. The smallest absolute Gasteiger partial charge is 0.188 e. The first-order chi connectivity index (χ1) is 7.59. The Morgan fingerprint density at radius 1 is 1.41 bits per heavy atom. The van der Waals surface area contributed by atoms with Crippen molar-refractivity contribution in [2.24, 2.45) is 16.6 Å². The summed E-state index contributed by atoms with van der Waals surface area (Å²) in [4.78, 5) is 4.28. The van der Waals surface area contributed by atoms with Gasteiger partial charge in [0.2, 0.25) is 0 Å². The minimum Gasteiger partial charge on any atom is -0.370 e. The number of hydrogen-bond acceptors (Lipinski definition) is 1. The van der Waals surface area contributed by atoms with E-state index in [2.05, 4.69) is 40.1 Å². The van der Waals surface area contributed by atoms with Gasteiger partial charge in [0.05, 0.1) is 6.54 Å². The fourth-order valence-electron chi connectivity index (χ4n) is 1.16. The van der Waals surface area contributed by atoms with Crippen LogP contribution < -0.4 is 11.1 Å². The minimum atomic E-state index is 0. The van der Waals surface area contributed by atoms with E-state index in [9.17, 15) is 0 Å². The molecule has 0 aliphatic carbocycles. The van der Waals surface area contributed by atoms with Gasteiger partial charge in [-0.25, -0.2) is 4.99 Å². The third-order valence-corrected chi connectivity index (χ3v) is 2.84. The summed E-state index contributed by atoms with van der Waals surface area (Å²) < 4.78 is 1.07. The number of nitrogens with two attached hydrogens (primary N) is 1. The lowest BCUT2D eigenvalue weighted by atomic mass is 10.2. The van der Waals surface area contributed by atoms with E-state index in [1.165, 1.54) is 0 Å². The molecule has 0 aliphatic heterocycles. The second-order valence-electron chi connectivity index (χ2n) is 4.07. The molecule has 0 saturated heterocycles. The molecule has 96 valence electrons. The Morgan fingerprint density at radius 3 is 2.65 bits per heavy atom. The van der Waals surface area contributed by atoms with Crippen molar-refractivity contribution in [1.29, 1.82) is 0 Å². The van der Waals surface area contributed by atoms with Crippen LogP contribution >= 0.6 is 39.9 Å². The van der Waals surface area contributed by atoms with Crippen molar-refractivity contribution in [3.63, 3.8) is 0 Å². The molecule has 0 radical (unpaired) electrons. The van der Waals surface area contributed by atoms with Gasteiger partial charge >= 0.3 is 0 Å². The Hall–Kier alpha value is -0.300. The van der Waals surface area contributed by atoms with Crippen LogP contribution in [0.3, 0.4) is 0 Å². The number of nitrogens with one attached hydrogen (secondary N) is 1. The zero-order chi connectivity index (χ0) is 12.0. The maximum absolute atomic E-state index is 5.74. The molecule has 0 aliphatic rings. The number of rotatable bonds is 4. The zero-order valence-electron chi connectivity index (χ0n) is 10.1. The number of hydrogen-bond donors (Lipinski definition) is 2. The Balaban J connectivity index is 0.00000256. The van der Waals surface area contributed by atoms with Gasteiger partial charge in [-0.05, 0) is 17.5 Å². The van der Waals surface area contributed by atoms with Crippen molar-refractivity contribution in [3.8, 4) is 0 Å². The Morgan fingerprint density at radius 2 is 2.06 bits per heavy atom. The molecule has 0 aromatic heterocycles. The molecule has 3 nitrogen and oxygen atoms in total. The quantitative estimate of drug-likeness (QED) is 0.454. The van der Waals surface area contributed by atoms with Crippen molar-refractivity contribution in [1.82, 2.24) is 5.32 Å². The number of guanidine groups is 1. The van der Waals surface area contributed by atoms with Crippen molar-refractivity contribution in [3.05, 3.63) is 34.3 Å². The maximum atomic E-state index is 5.74. The fraction of sp³-hybridized carbons (Fsp3) is 0.417. The van der Waals surface area contributed by atoms with E-state index in [0.717, 1.165) is 16.6 Å². The molecular formula is C12H19BrIN3. The van der Waals surface area contributed by atoms with E-state index in [-0.39, 0.29) is 24.0 Å². The van der Waals surface area contributed by atoms with Crippen LogP contribution in [0.2, 0.25) is 0 Å². The fourth-order valence-corrected chi connectivity index (χ4v) is 1.57. The highest BCUT2D eigenvalue weighted by atomic mass is 127. The van der Waals surface area contributed by atoms with Crippen LogP contribution in [0.5, 0.6) is 0 Å². The van der Waals surface area contributed by atoms with Crippen LogP contribution in [0.1, 0.15) is 19.4 Å². The van der Waals surface area contributed by atoms with Gasteiger partial charge in [-0.15, -0.1) is 24.0 Å². The van der Waals surface area contributed by atoms with E-state index >= 15 is 0 Å². The molecule has 0 bridgehead atoms. The van der Waals surface area contributed by atoms with Crippen molar-refractivity contribution in [2.75, 3.05) is 6.54 Å². The number of halogens is 2. The summed E-state index contributed by atoms with van der Waals surface area (Å²) in [6, 6.07) is 8.01. The molecule has 0 heterocycles. The molecular weight excluding hydrogens is 393 g/mol. The summed E-state index contributed by atoms with van der Waals surface area (Å²) in [6.45, 7) is 5.71. The topological polar surface area (TPSA) is 50.4 Å². The third-order valence-electron chi connectivity index (χ3n) is 2.07. The van der Waals surface area contributed by atoms with Gasteiger partial charge in [0, 0.05) is 11.0 Å². The third kappa shape index (κ3) is 6.88. The molecule has 17 heavy (non-hydrogen) atoms. The van der Waals surface area contributed by atoms with Crippen LogP contribution in [-0.4, -0.2) is 12.5 Å². The SMILES string of the molecule is CC(C)CNC(N)=NCc1ccccc1Br.I. The van der Waals surface area contributed by atoms with Gasteiger partial charge < -0.3 is 11.1 Å². The largest absolute Gasteiger partial charge is 0.370 e. The first kappa shape index (κ1) is 16.7. The normalized spacial score (nSPS) is 11.2. The average Bonchev–Trinajstić information content (AvgIpc) is 2.25. The molecule has 1 aromatic rings. The van der Waals surface area contributed by atoms with Crippen LogP contribution in [0, 0.1) is 5.92 Å². The first-order valence-electron chi connectivity index (χ1n) is 5.36. The molecule has 1 aromatic carbocycles. The highest BCUT2D eigenvalue weighted by Crippen LogP contribution is 2.16. The molecule has 0 spiro atoms. The maximum Gasteiger partial charge on any atom is 0.188 e. The predicted molar refractivity (Wildman–Crippen MR) is 87.7 cm³/mol. The summed E-state index contributed by atoms with van der Waals surface area (Å²) in [7, 11) is 0. The minimum absolute atomic E-state index is 0. The Bertz CT molecular complexity index is 367. The standard InChI is InChI=1S/C12H18BrN3.HI/c1-9(2)7-15-12(14)16-8-10-5-3-4-6-11(10)13;/h3-6,9H,7-8H2,1-2H3,(H3,14,15,16);1H. The predicted octanol–water partition coefficient (Wildman–Crippen LogP) is 3.13. The van der Waals surface area contributed by atoms with E-state index in [4.69, 9.17) is 5.73 Å². The molecule has 0 unspecified atom stereocenters. The van der Waals surface area contributed by atoms with E-state index in [1.807, 2.05) is 24.3 Å². The Labute approximate surface area is 128 Å². The van der Waals surface area contributed by atoms with Crippen LogP contribution in [0.4, 0.5) is 0 Å². The van der Waals surface area contributed by atoms with Gasteiger partial charge in [-0.3, -0.25) is 0 Å².